The number of fused-ring (bicyclic) bond motifs is 10. The summed E-state index contributed by atoms with van der Waals surface area (Å²) in [6.07, 6.45) is 0. The summed E-state index contributed by atoms with van der Waals surface area (Å²) in [5, 5.41) is 15.2. The van der Waals surface area contributed by atoms with Crippen molar-refractivity contribution < 1.29 is 4.42 Å². The SMILES string of the molecule is c1ccc(-c2c3ccccc3c(-c3cccc4[se]c5c(-c6c7ccccc7c(-c7cccc8oc9ccccc9c78)c7ccccc67)cccc5c34)c3ccccc23)cc1. The predicted octanol–water partition coefficient (Wildman–Crippen LogP) is 16.2. The molecule has 13 rings (SSSR count). The molecule has 0 fully saturated rings. The fourth-order valence-electron chi connectivity index (χ4n) is 10.3. The molecule has 2 heterocycles. The Kier molecular flexibility index (Phi) is 7.39. The summed E-state index contributed by atoms with van der Waals surface area (Å²) in [4.78, 5) is 0. The molecule has 0 bridgehead atoms. The maximum absolute atomic E-state index is 6.43. The fourth-order valence-corrected chi connectivity index (χ4v) is 12.9. The zero-order chi connectivity index (χ0) is 39.3. The first kappa shape index (κ1) is 33.7. The van der Waals surface area contributed by atoms with Crippen molar-refractivity contribution in [1.29, 1.82) is 0 Å². The Balaban J connectivity index is 1.11. The molecule has 0 atom stereocenters. The second-order valence-electron chi connectivity index (χ2n) is 15.8. The molecule has 0 aliphatic heterocycles. The third-order valence-electron chi connectivity index (χ3n) is 12.7. The van der Waals surface area contributed by atoms with E-state index < -0.39 is 0 Å². The van der Waals surface area contributed by atoms with E-state index in [2.05, 4.69) is 206 Å². The molecule has 278 valence electrons. The zero-order valence-corrected chi connectivity index (χ0v) is 34.2. The van der Waals surface area contributed by atoms with Crippen molar-refractivity contribution in [3.63, 3.8) is 0 Å². The summed E-state index contributed by atoms with van der Waals surface area (Å²) in [5.74, 6) is 0. The summed E-state index contributed by atoms with van der Waals surface area (Å²) < 4.78 is 9.32. The van der Waals surface area contributed by atoms with Gasteiger partial charge in [-0.3, -0.25) is 0 Å². The molecular formula is C58H34OSe. The Hall–Kier alpha value is -7.22. The van der Waals surface area contributed by atoms with Crippen molar-refractivity contribution in [2.45, 2.75) is 0 Å². The van der Waals surface area contributed by atoms with Gasteiger partial charge in [-0.05, 0) is 0 Å². The van der Waals surface area contributed by atoms with Gasteiger partial charge in [-0.2, -0.15) is 0 Å². The molecule has 0 unspecified atom stereocenters. The summed E-state index contributed by atoms with van der Waals surface area (Å²) >= 11 is 0.0923. The van der Waals surface area contributed by atoms with E-state index in [-0.39, 0.29) is 14.5 Å². The van der Waals surface area contributed by atoms with Crippen LogP contribution in [0, 0.1) is 0 Å². The first-order valence-corrected chi connectivity index (χ1v) is 22.3. The first-order chi connectivity index (χ1) is 29.8. The van der Waals surface area contributed by atoms with Crippen LogP contribution in [0.5, 0.6) is 0 Å². The number of rotatable bonds is 4. The quantitative estimate of drug-likeness (QED) is 0.127. The molecule has 11 aromatic carbocycles. The van der Waals surface area contributed by atoms with Crippen molar-refractivity contribution in [1.82, 2.24) is 0 Å². The van der Waals surface area contributed by atoms with E-state index in [1.165, 1.54) is 112 Å². The molecule has 13 aromatic rings. The maximum atomic E-state index is 6.43. The van der Waals surface area contributed by atoms with Crippen molar-refractivity contribution in [3.05, 3.63) is 206 Å². The topological polar surface area (TPSA) is 13.1 Å². The number of hydrogen-bond acceptors (Lipinski definition) is 1. The molecule has 0 N–H and O–H groups in total. The standard InChI is InChI=1S/C58H34OSe/c1-2-17-35(18-3-1)52-36-19-4-6-21-38(36)54(39-22-7-5-20-37(39)52)46-29-16-34-51-57(46)48-31-14-30-47(58(48)60-51)55-42-25-10-8-23-40(42)53(41-24-9-11-26-43(41)55)45-28-15-33-50-56(45)44-27-12-13-32-49(44)59-50/h1-34H. The van der Waals surface area contributed by atoms with Gasteiger partial charge < -0.3 is 0 Å². The minimum atomic E-state index is 0.0923. The van der Waals surface area contributed by atoms with Gasteiger partial charge in [0.15, 0.2) is 0 Å². The van der Waals surface area contributed by atoms with E-state index in [0.717, 1.165) is 16.6 Å². The van der Waals surface area contributed by atoms with Gasteiger partial charge in [-0.15, -0.1) is 0 Å². The molecule has 0 aliphatic carbocycles. The van der Waals surface area contributed by atoms with Crippen LogP contribution in [0.3, 0.4) is 0 Å². The van der Waals surface area contributed by atoms with Crippen molar-refractivity contribution >= 4 is 98.8 Å². The van der Waals surface area contributed by atoms with E-state index >= 15 is 0 Å². The van der Waals surface area contributed by atoms with Crippen LogP contribution in [0.2, 0.25) is 0 Å². The van der Waals surface area contributed by atoms with Crippen LogP contribution in [0.1, 0.15) is 0 Å². The van der Waals surface area contributed by atoms with E-state index in [1.54, 1.807) is 0 Å². The predicted molar refractivity (Wildman–Crippen MR) is 257 cm³/mol. The zero-order valence-electron chi connectivity index (χ0n) is 32.4. The van der Waals surface area contributed by atoms with Crippen molar-refractivity contribution in [2.24, 2.45) is 0 Å². The van der Waals surface area contributed by atoms with E-state index in [9.17, 15) is 0 Å². The van der Waals surface area contributed by atoms with Crippen molar-refractivity contribution in [3.8, 4) is 44.5 Å². The number of benzene rings is 11. The molecule has 2 aromatic heterocycles. The molecule has 0 saturated carbocycles. The molecule has 0 spiro atoms. The average Bonchev–Trinajstić information content (AvgIpc) is 3.90. The fraction of sp³-hybridized carbons (Fsp3) is 0. The Morgan fingerprint density at radius 1 is 0.267 bits per heavy atom. The van der Waals surface area contributed by atoms with Crippen LogP contribution in [0.15, 0.2) is 211 Å². The van der Waals surface area contributed by atoms with Gasteiger partial charge in [0.2, 0.25) is 0 Å². The number of para-hydroxylation sites is 1. The second-order valence-corrected chi connectivity index (χ2v) is 18.0. The Bertz CT molecular complexity index is 3770. The third-order valence-corrected chi connectivity index (χ3v) is 15.2. The molecule has 0 amide bonds. The Morgan fingerprint density at radius 3 is 1.25 bits per heavy atom. The molecule has 0 radical (unpaired) electrons. The monoisotopic (exact) mass is 826 g/mol. The average molecular weight is 826 g/mol. The van der Waals surface area contributed by atoms with Crippen LogP contribution in [0.4, 0.5) is 0 Å². The molecule has 1 nitrogen and oxygen atoms in total. The van der Waals surface area contributed by atoms with Gasteiger partial charge in [-0.25, -0.2) is 0 Å². The van der Waals surface area contributed by atoms with Crippen LogP contribution >= 0.6 is 0 Å². The Morgan fingerprint density at radius 2 is 0.667 bits per heavy atom. The normalized spacial score (nSPS) is 12.0. The Labute approximate surface area is 352 Å². The number of furan rings is 1. The summed E-state index contributed by atoms with van der Waals surface area (Å²) in [5.41, 5.74) is 12.1. The minimum absolute atomic E-state index is 0.0923. The van der Waals surface area contributed by atoms with Gasteiger partial charge in [0.1, 0.15) is 0 Å². The molecule has 0 aliphatic rings. The van der Waals surface area contributed by atoms with E-state index in [4.69, 9.17) is 4.42 Å². The van der Waals surface area contributed by atoms with E-state index in [0.29, 0.717) is 0 Å². The van der Waals surface area contributed by atoms with Gasteiger partial charge in [0.05, 0.1) is 0 Å². The van der Waals surface area contributed by atoms with Gasteiger partial charge in [0.25, 0.3) is 0 Å². The second kappa shape index (κ2) is 13.1. The molecular weight excluding hydrogens is 792 g/mol. The van der Waals surface area contributed by atoms with Crippen LogP contribution < -0.4 is 0 Å². The molecule has 2 heteroatoms. The van der Waals surface area contributed by atoms with Gasteiger partial charge in [0, 0.05) is 0 Å². The van der Waals surface area contributed by atoms with Crippen LogP contribution in [-0.4, -0.2) is 14.5 Å². The number of hydrogen-bond donors (Lipinski definition) is 0. The third kappa shape index (κ3) is 4.81. The summed E-state index contributed by atoms with van der Waals surface area (Å²) in [6, 6.07) is 76.0. The summed E-state index contributed by atoms with van der Waals surface area (Å²) in [6.45, 7) is 0. The van der Waals surface area contributed by atoms with Gasteiger partial charge in [-0.1, -0.05) is 0 Å². The van der Waals surface area contributed by atoms with Gasteiger partial charge >= 0.3 is 354 Å². The van der Waals surface area contributed by atoms with Crippen molar-refractivity contribution in [2.75, 3.05) is 0 Å². The molecule has 0 saturated heterocycles. The molecule has 60 heavy (non-hydrogen) atoms. The van der Waals surface area contributed by atoms with E-state index in [1.807, 2.05) is 0 Å². The van der Waals surface area contributed by atoms with Crippen LogP contribution in [0.25, 0.3) is 129 Å². The summed E-state index contributed by atoms with van der Waals surface area (Å²) in [7, 11) is 0. The first-order valence-electron chi connectivity index (χ1n) is 20.6. The van der Waals surface area contributed by atoms with Crippen LogP contribution in [-0.2, 0) is 0 Å².